The molecule has 2 rings (SSSR count). The summed E-state index contributed by atoms with van der Waals surface area (Å²) in [6, 6.07) is 0. The lowest BCUT2D eigenvalue weighted by atomic mass is 9.98. The van der Waals surface area contributed by atoms with Crippen LogP contribution in [0.5, 0.6) is 0 Å². The molecule has 2 heterocycles. The van der Waals surface area contributed by atoms with Gasteiger partial charge in [0.1, 0.15) is 0 Å². The Labute approximate surface area is 656 Å². The smallest absolute Gasteiger partial charge is 0.232 e. The van der Waals surface area contributed by atoms with Gasteiger partial charge in [-0.15, -0.1) is 0 Å². The molecule has 4 amide bonds. The highest BCUT2D eigenvalue weighted by molar-refractivity contribution is 6.04. The summed E-state index contributed by atoms with van der Waals surface area (Å²) in [5.74, 6) is -0.193. The Kier molecular flexibility index (Phi) is 77.2. The van der Waals surface area contributed by atoms with Crippen LogP contribution in [-0.2, 0) is 19.2 Å². The third-order valence-electron chi connectivity index (χ3n) is 24.5. The van der Waals surface area contributed by atoms with Crippen LogP contribution in [0.3, 0.4) is 0 Å². The Bertz CT molecular complexity index is 1810. The number of rotatable bonds is 90. The normalized spacial score (nSPS) is 14.9. The molecule has 2 aliphatic rings. The van der Waals surface area contributed by atoms with Gasteiger partial charge in [-0.2, -0.15) is 0 Å². The van der Waals surface area contributed by atoms with E-state index in [1.54, 1.807) is 0 Å². The van der Waals surface area contributed by atoms with E-state index < -0.39 is 0 Å². The number of nitrogens with zero attached hydrogens (tertiary/aromatic N) is 2. The third kappa shape index (κ3) is 66.5. The van der Waals surface area contributed by atoms with Crippen molar-refractivity contribution in [2.24, 2.45) is 11.8 Å². The van der Waals surface area contributed by atoms with Crippen LogP contribution in [0, 0.1) is 11.8 Å². The Balaban J connectivity index is 1.22. The fourth-order valence-corrected chi connectivity index (χ4v) is 17.2. The summed E-state index contributed by atoms with van der Waals surface area (Å²) < 4.78 is 0. The van der Waals surface area contributed by atoms with Gasteiger partial charge in [-0.05, 0) is 12.8 Å². The molecule has 0 bridgehead atoms. The SMILES string of the molecule is CCCCCCCCCCCCCCCCCCCCCCCCCCCCCCCCCCCCCCCCCCCCC1CC(=O)N(CCNCCNCCNCCN2C(=O)CC(CCCCCCCCCCCCCCCCCCCCCCCCCCCCCCCCCCCC)C2=O)C1=O. The molecule has 0 radical (unpaired) electrons. The van der Waals surface area contributed by atoms with Crippen molar-refractivity contribution < 1.29 is 19.2 Å². The number of carbonyl (C=O) groups excluding carboxylic acids is 4. The predicted molar refractivity (Wildman–Crippen MR) is 460 cm³/mol. The maximum Gasteiger partial charge on any atom is 0.232 e. The summed E-state index contributed by atoms with van der Waals surface area (Å²) in [7, 11) is 0. The fourth-order valence-electron chi connectivity index (χ4n) is 17.2. The number of nitrogens with one attached hydrogen (secondary N) is 3. The standard InChI is InChI=1S/C96H187N5O4/c1-3-5-7-9-11-13-15-17-19-21-23-25-27-29-31-33-35-37-39-40-41-42-43-44-45-46-48-50-52-54-56-58-60-62-64-66-68-70-72-74-76-78-80-92-90-94(103)101(96(92)105)88-86-99-84-82-97-81-83-98-85-87-100-93(102)89-91(95(100)104)79-77-75-73-71-69-67-65-63-61-59-57-55-53-51-49-47-38-36-34-32-30-28-26-24-22-20-18-16-14-12-10-8-6-4-2/h91-92,97-99H,3-90H2,1-2H3. The van der Waals surface area contributed by atoms with E-state index in [0.717, 1.165) is 51.9 Å². The quantitative estimate of drug-likeness (QED) is 0.0411. The number of amides is 4. The molecular weight excluding hydrogens is 1290 g/mol. The highest BCUT2D eigenvalue weighted by Gasteiger charge is 2.38. The number of likely N-dealkylation sites (tertiary alicyclic amines) is 2. The largest absolute Gasteiger partial charge is 0.314 e. The predicted octanol–water partition coefficient (Wildman–Crippen LogP) is 29.0. The molecule has 0 aromatic carbocycles. The van der Waals surface area contributed by atoms with Crippen LogP contribution >= 0.6 is 0 Å². The summed E-state index contributed by atoms with van der Waals surface area (Å²) in [6.45, 7) is 9.84. The third-order valence-corrected chi connectivity index (χ3v) is 24.5. The average molecular weight is 1480 g/mol. The monoisotopic (exact) mass is 1470 g/mol. The summed E-state index contributed by atoms with van der Waals surface area (Å²) >= 11 is 0. The van der Waals surface area contributed by atoms with Crippen molar-refractivity contribution in [3.63, 3.8) is 0 Å². The molecular formula is C96H187N5O4. The van der Waals surface area contributed by atoms with Crippen LogP contribution < -0.4 is 16.0 Å². The first-order valence-electron chi connectivity index (χ1n) is 48.8. The van der Waals surface area contributed by atoms with Gasteiger partial charge in [-0.25, -0.2) is 0 Å². The first-order valence-corrected chi connectivity index (χ1v) is 48.8. The molecule has 0 spiro atoms. The minimum Gasteiger partial charge on any atom is -0.314 e. The lowest BCUT2D eigenvalue weighted by molar-refractivity contribution is -0.140. The lowest BCUT2D eigenvalue weighted by Crippen LogP contribution is -2.40. The van der Waals surface area contributed by atoms with Gasteiger partial charge >= 0.3 is 0 Å². The van der Waals surface area contributed by atoms with Crippen LogP contribution in [0.2, 0.25) is 0 Å². The molecule has 105 heavy (non-hydrogen) atoms. The molecule has 2 unspecified atom stereocenters. The number of hydrogen-bond acceptors (Lipinski definition) is 7. The van der Waals surface area contributed by atoms with E-state index in [0.29, 0.717) is 39.0 Å². The second-order valence-electron chi connectivity index (χ2n) is 34.6. The first kappa shape index (κ1) is 99.2. The molecule has 9 heteroatoms. The molecule has 0 aliphatic carbocycles. The van der Waals surface area contributed by atoms with E-state index >= 15 is 0 Å². The molecule has 9 nitrogen and oxygen atoms in total. The van der Waals surface area contributed by atoms with Gasteiger partial charge < -0.3 is 16.0 Å². The molecule has 2 fully saturated rings. The van der Waals surface area contributed by atoms with Gasteiger partial charge in [-0.1, -0.05) is 502 Å². The van der Waals surface area contributed by atoms with Gasteiger partial charge in [0.25, 0.3) is 0 Å². The van der Waals surface area contributed by atoms with Gasteiger partial charge in [0.2, 0.25) is 23.6 Å². The van der Waals surface area contributed by atoms with Crippen molar-refractivity contribution in [3.8, 4) is 0 Å². The molecule has 2 saturated heterocycles. The zero-order chi connectivity index (χ0) is 75.0. The van der Waals surface area contributed by atoms with Crippen molar-refractivity contribution in [1.82, 2.24) is 25.8 Å². The highest BCUT2D eigenvalue weighted by atomic mass is 16.2. The van der Waals surface area contributed by atoms with E-state index in [4.69, 9.17) is 0 Å². The molecule has 620 valence electrons. The van der Waals surface area contributed by atoms with Gasteiger partial charge in [0.15, 0.2) is 0 Å². The Morgan fingerprint density at radius 1 is 0.200 bits per heavy atom. The second-order valence-corrected chi connectivity index (χ2v) is 34.6. The molecule has 0 aromatic heterocycles. The van der Waals surface area contributed by atoms with E-state index in [1.165, 1.54) is 485 Å². The van der Waals surface area contributed by atoms with E-state index in [1.807, 2.05) is 0 Å². The second kappa shape index (κ2) is 81.6. The first-order chi connectivity index (χ1) is 52.0. The molecule has 0 aromatic rings. The van der Waals surface area contributed by atoms with Crippen LogP contribution in [0.1, 0.15) is 528 Å². The zero-order valence-electron chi connectivity index (χ0n) is 71.4. The van der Waals surface area contributed by atoms with Crippen molar-refractivity contribution in [2.45, 2.75) is 528 Å². The lowest BCUT2D eigenvalue weighted by Gasteiger charge is -2.16. The van der Waals surface area contributed by atoms with Gasteiger partial charge in [0.05, 0.1) is 0 Å². The maximum absolute atomic E-state index is 13.1. The number of hydrogen-bond donors (Lipinski definition) is 3. The Hall–Kier alpha value is -1.84. The molecule has 0 saturated carbocycles. The molecule has 2 aliphatic heterocycles. The number of imide groups is 2. The Morgan fingerprint density at radius 3 is 0.486 bits per heavy atom. The molecule has 3 N–H and O–H groups in total. The van der Waals surface area contributed by atoms with E-state index in [9.17, 15) is 19.2 Å². The Morgan fingerprint density at radius 2 is 0.333 bits per heavy atom. The average Bonchev–Trinajstić information content (AvgIpc) is 1.71. The van der Waals surface area contributed by atoms with Crippen LogP contribution in [0.25, 0.3) is 0 Å². The van der Waals surface area contributed by atoms with Crippen molar-refractivity contribution in [3.05, 3.63) is 0 Å². The van der Waals surface area contributed by atoms with Crippen LogP contribution in [-0.4, -0.2) is 85.8 Å². The number of carbonyl (C=O) groups is 4. The maximum atomic E-state index is 13.1. The molecule has 2 atom stereocenters. The summed E-state index contributed by atoms with van der Waals surface area (Å²) in [6.07, 6.45) is 110. The van der Waals surface area contributed by atoms with E-state index in [-0.39, 0.29) is 35.5 Å². The van der Waals surface area contributed by atoms with Crippen molar-refractivity contribution >= 4 is 23.6 Å². The zero-order valence-corrected chi connectivity index (χ0v) is 71.4. The summed E-state index contributed by atoms with van der Waals surface area (Å²) in [5.41, 5.74) is 0. The minimum absolute atomic E-state index is 0.00614. The van der Waals surface area contributed by atoms with Crippen LogP contribution in [0.15, 0.2) is 0 Å². The van der Waals surface area contributed by atoms with Crippen LogP contribution in [0.4, 0.5) is 0 Å². The summed E-state index contributed by atoms with van der Waals surface area (Å²) in [5, 5.41) is 10.2. The van der Waals surface area contributed by atoms with Crippen molar-refractivity contribution in [2.75, 3.05) is 52.4 Å². The van der Waals surface area contributed by atoms with Gasteiger partial charge in [-0.3, -0.25) is 29.0 Å². The van der Waals surface area contributed by atoms with Gasteiger partial charge in [0, 0.05) is 77.0 Å². The number of unbranched alkanes of at least 4 members (excludes halogenated alkanes) is 74. The highest BCUT2D eigenvalue weighted by Crippen LogP contribution is 2.28. The van der Waals surface area contributed by atoms with Crippen molar-refractivity contribution in [1.29, 1.82) is 0 Å². The fraction of sp³-hybridized carbons (Fsp3) is 0.958. The minimum atomic E-state index is -0.125. The topological polar surface area (TPSA) is 111 Å². The van der Waals surface area contributed by atoms with E-state index in [2.05, 4.69) is 29.8 Å². The summed E-state index contributed by atoms with van der Waals surface area (Å²) in [4.78, 5) is 54.6.